The Kier molecular flexibility index (Phi) is 2.88. The SMILES string of the molecule is COc1cc(C)c2c(c1OC)C(=O)C(C)C=N2. The van der Waals surface area contributed by atoms with Crippen molar-refractivity contribution < 1.29 is 14.3 Å². The van der Waals surface area contributed by atoms with Gasteiger partial charge < -0.3 is 9.47 Å². The average molecular weight is 233 g/mol. The second kappa shape index (κ2) is 4.20. The summed E-state index contributed by atoms with van der Waals surface area (Å²) in [7, 11) is 3.09. The molecule has 4 heteroatoms. The van der Waals surface area contributed by atoms with Gasteiger partial charge in [-0.2, -0.15) is 0 Å². The fourth-order valence-electron chi connectivity index (χ4n) is 1.99. The smallest absolute Gasteiger partial charge is 0.177 e. The highest BCUT2D eigenvalue weighted by Crippen LogP contribution is 2.42. The lowest BCUT2D eigenvalue weighted by atomic mass is 9.93. The van der Waals surface area contributed by atoms with Gasteiger partial charge in [-0.25, -0.2) is 0 Å². The van der Waals surface area contributed by atoms with Gasteiger partial charge in [0.1, 0.15) is 0 Å². The van der Waals surface area contributed by atoms with Crippen LogP contribution in [0.3, 0.4) is 0 Å². The third-order valence-corrected chi connectivity index (χ3v) is 2.92. The molecule has 2 rings (SSSR count). The topological polar surface area (TPSA) is 47.9 Å². The summed E-state index contributed by atoms with van der Waals surface area (Å²) in [5.74, 6) is 0.847. The molecule has 0 saturated carbocycles. The predicted octanol–water partition coefficient (Wildman–Crippen LogP) is 2.55. The van der Waals surface area contributed by atoms with Crippen molar-refractivity contribution in [3.63, 3.8) is 0 Å². The molecule has 0 N–H and O–H groups in total. The van der Waals surface area contributed by atoms with Crippen LogP contribution >= 0.6 is 0 Å². The van der Waals surface area contributed by atoms with E-state index in [-0.39, 0.29) is 11.7 Å². The molecule has 0 bridgehead atoms. The number of rotatable bonds is 2. The largest absolute Gasteiger partial charge is 0.493 e. The highest BCUT2D eigenvalue weighted by Gasteiger charge is 2.28. The number of aliphatic imine (C=N–C) groups is 1. The van der Waals surface area contributed by atoms with Crippen molar-refractivity contribution in [1.82, 2.24) is 0 Å². The van der Waals surface area contributed by atoms with E-state index in [0.29, 0.717) is 22.7 Å². The van der Waals surface area contributed by atoms with Crippen LogP contribution < -0.4 is 9.47 Å². The van der Waals surface area contributed by atoms with Crippen LogP contribution in [0.4, 0.5) is 5.69 Å². The molecule has 0 radical (unpaired) electrons. The molecule has 0 fully saturated rings. The summed E-state index contributed by atoms with van der Waals surface area (Å²) >= 11 is 0. The number of benzene rings is 1. The van der Waals surface area contributed by atoms with Crippen molar-refractivity contribution >= 4 is 17.7 Å². The maximum Gasteiger partial charge on any atom is 0.177 e. The first kappa shape index (κ1) is 11.6. The Morgan fingerprint density at radius 3 is 2.59 bits per heavy atom. The quantitative estimate of drug-likeness (QED) is 0.788. The maximum absolute atomic E-state index is 12.2. The lowest BCUT2D eigenvalue weighted by Crippen LogP contribution is -2.18. The van der Waals surface area contributed by atoms with Gasteiger partial charge in [0.15, 0.2) is 17.3 Å². The average Bonchev–Trinajstić information content (AvgIpc) is 2.33. The Hall–Kier alpha value is -1.84. The van der Waals surface area contributed by atoms with Gasteiger partial charge >= 0.3 is 0 Å². The molecule has 0 spiro atoms. The first-order chi connectivity index (χ1) is 8.10. The zero-order valence-electron chi connectivity index (χ0n) is 10.4. The van der Waals surface area contributed by atoms with Crippen LogP contribution in [0.25, 0.3) is 0 Å². The van der Waals surface area contributed by atoms with E-state index in [1.807, 2.05) is 19.9 Å². The van der Waals surface area contributed by atoms with Gasteiger partial charge in [-0.3, -0.25) is 9.79 Å². The van der Waals surface area contributed by atoms with E-state index in [2.05, 4.69) is 4.99 Å². The number of hydrogen-bond acceptors (Lipinski definition) is 4. The summed E-state index contributed by atoms with van der Waals surface area (Å²) in [5.41, 5.74) is 2.12. The van der Waals surface area contributed by atoms with Crippen molar-refractivity contribution in [2.75, 3.05) is 14.2 Å². The molecular formula is C13H15NO3. The monoisotopic (exact) mass is 233 g/mol. The second-order valence-corrected chi connectivity index (χ2v) is 4.08. The molecule has 1 unspecified atom stereocenters. The van der Waals surface area contributed by atoms with E-state index in [1.165, 1.54) is 7.11 Å². The van der Waals surface area contributed by atoms with Gasteiger partial charge in [-0.1, -0.05) is 6.92 Å². The molecule has 1 aromatic rings. The summed E-state index contributed by atoms with van der Waals surface area (Å²) in [6, 6.07) is 1.83. The summed E-state index contributed by atoms with van der Waals surface area (Å²) in [6.45, 7) is 3.73. The highest BCUT2D eigenvalue weighted by atomic mass is 16.5. The van der Waals surface area contributed by atoms with Crippen molar-refractivity contribution in [1.29, 1.82) is 0 Å². The first-order valence-electron chi connectivity index (χ1n) is 5.44. The molecule has 0 aliphatic carbocycles. The summed E-state index contributed by atoms with van der Waals surface area (Å²) in [6.07, 6.45) is 1.67. The number of carbonyl (C=O) groups is 1. The summed E-state index contributed by atoms with van der Waals surface area (Å²) < 4.78 is 10.5. The fourth-order valence-corrected chi connectivity index (χ4v) is 1.99. The first-order valence-corrected chi connectivity index (χ1v) is 5.44. The van der Waals surface area contributed by atoms with Crippen LogP contribution in [0.15, 0.2) is 11.1 Å². The molecule has 1 aliphatic heterocycles. The van der Waals surface area contributed by atoms with Gasteiger partial charge in [0.25, 0.3) is 0 Å². The van der Waals surface area contributed by atoms with Gasteiger partial charge in [0.05, 0.1) is 31.4 Å². The zero-order valence-corrected chi connectivity index (χ0v) is 10.4. The standard InChI is InChI=1S/C13H15NO3/c1-7-5-9(16-3)13(17-4)10-11(7)14-6-8(2)12(10)15/h5-6,8H,1-4H3. The van der Waals surface area contributed by atoms with Crippen LogP contribution in [-0.4, -0.2) is 26.2 Å². The van der Waals surface area contributed by atoms with Crippen LogP contribution in [0, 0.1) is 12.8 Å². The number of Topliss-reactive ketones (excluding diaryl/α,β-unsaturated/α-hetero) is 1. The molecule has 1 heterocycles. The van der Waals surface area contributed by atoms with E-state index < -0.39 is 0 Å². The maximum atomic E-state index is 12.2. The Morgan fingerprint density at radius 1 is 1.29 bits per heavy atom. The second-order valence-electron chi connectivity index (χ2n) is 4.08. The van der Waals surface area contributed by atoms with Crippen LogP contribution in [0.5, 0.6) is 11.5 Å². The van der Waals surface area contributed by atoms with Gasteiger partial charge in [-0.15, -0.1) is 0 Å². The number of fused-ring (bicyclic) bond motifs is 1. The molecule has 0 aromatic heterocycles. The molecule has 1 atom stereocenters. The van der Waals surface area contributed by atoms with Crippen molar-refractivity contribution in [2.24, 2.45) is 10.9 Å². The third-order valence-electron chi connectivity index (χ3n) is 2.92. The van der Waals surface area contributed by atoms with Crippen molar-refractivity contribution in [3.05, 3.63) is 17.2 Å². The van der Waals surface area contributed by atoms with Crippen molar-refractivity contribution in [2.45, 2.75) is 13.8 Å². The number of ketones is 1. The minimum Gasteiger partial charge on any atom is -0.493 e. The van der Waals surface area contributed by atoms with E-state index >= 15 is 0 Å². The lowest BCUT2D eigenvalue weighted by molar-refractivity contribution is 0.0958. The summed E-state index contributed by atoms with van der Waals surface area (Å²) in [5, 5.41) is 0. The number of nitrogens with zero attached hydrogens (tertiary/aromatic N) is 1. The van der Waals surface area contributed by atoms with E-state index in [4.69, 9.17) is 9.47 Å². The molecule has 0 saturated heterocycles. The molecule has 0 amide bonds. The van der Waals surface area contributed by atoms with E-state index in [0.717, 1.165) is 5.56 Å². The van der Waals surface area contributed by atoms with Gasteiger partial charge in [0.2, 0.25) is 0 Å². The van der Waals surface area contributed by atoms with Crippen molar-refractivity contribution in [3.8, 4) is 11.5 Å². The highest BCUT2D eigenvalue weighted by molar-refractivity contribution is 6.14. The Balaban J connectivity index is 2.76. The normalized spacial score (nSPS) is 17.9. The Labute approximate surface area is 100 Å². The van der Waals surface area contributed by atoms with Gasteiger partial charge in [0, 0.05) is 6.21 Å². The number of ether oxygens (including phenoxy) is 2. The number of methoxy groups -OCH3 is 2. The Morgan fingerprint density at radius 2 is 2.00 bits per heavy atom. The molecule has 90 valence electrons. The molecule has 17 heavy (non-hydrogen) atoms. The van der Waals surface area contributed by atoms with E-state index in [1.54, 1.807) is 13.3 Å². The molecular weight excluding hydrogens is 218 g/mol. The fraction of sp³-hybridized carbons (Fsp3) is 0.385. The lowest BCUT2D eigenvalue weighted by Gasteiger charge is -2.20. The molecule has 4 nitrogen and oxygen atoms in total. The third kappa shape index (κ3) is 1.69. The summed E-state index contributed by atoms with van der Waals surface area (Å²) in [4.78, 5) is 16.5. The zero-order chi connectivity index (χ0) is 12.6. The number of aryl methyl sites for hydroxylation is 1. The Bertz CT molecular complexity index is 506. The molecule has 1 aromatic carbocycles. The van der Waals surface area contributed by atoms with E-state index in [9.17, 15) is 4.79 Å². The van der Waals surface area contributed by atoms with Crippen LogP contribution in [0.1, 0.15) is 22.8 Å². The number of hydrogen-bond donors (Lipinski definition) is 0. The minimum atomic E-state index is -0.220. The van der Waals surface area contributed by atoms with Crippen LogP contribution in [0.2, 0.25) is 0 Å². The minimum absolute atomic E-state index is 0.0221. The predicted molar refractivity (Wildman–Crippen MR) is 65.9 cm³/mol. The van der Waals surface area contributed by atoms with Gasteiger partial charge in [-0.05, 0) is 18.6 Å². The molecule has 1 aliphatic rings. The van der Waals surface area contributed by atoms with Crippen LogP contribution in [-0.2, 0) is 0 Å². The number of carbonyl (C=O) groups excluding carboxylic acids is 1.